The summed E-state index contributed by atoms with van der Waals surface area (Å²) in [6.45, 7) is 1.21. The van der Waals surface area contributed by atoms with Gasteiger partial charge in [-0.2, -0.15) is 5.10 Å². The van der Waals surface area contributed by atoms with Gasteiger partial charge in [-0.3, -0.25) is 5.10 Å². The average molecular weight is 289 g/mol. The van der Waals surface area contributed by atoms with Crippen LogP contribution >= 0.6 is 0 Å². The number of aliphatic hydroxyl groups is 1. The number of rotatable bonds is 8. The molecule has 0 amide bonds. The van der Waals surface area contributed by atoms with Crippen LogP contribution in [-0.2, 0) is 0 Å². The van der Waals surface area contributed by atoms with E-state index in [1.54, 1.807) is 7.11 Å². The van der Waals surface area contributed by atoms with Crippen molar-refractivity contribution in [2.24, 2.45) is 0 Å². The zero-order valence-corrected chi connectivity index (χ0v) is 12.7. The highest BCUT2D eigenvalue weighted by molar-refractivity contribution is 5.63. The lowest BCUT2D eigenvalue weighted by Crippen LogP contribution is -2.18. The zero-order chi connectivity index (χ0) is 15.1. The van der Waals surface area contributed by atoms with Gasteiger partial charge in [0, 0.05) is 26.3 Å². The van der Waals surface area contributed by atoms with E-state index in [9.17, 15) is 0 Å². The Kier molecular flexibility index (Phi) is 5.63. The summed E-state index contributed by atoms with van der Waals surface area (Å²) in [5.41, 5.74) is 2.08. The number of methoxy groups -OCH3 is 1. The summed E-state index contributed by atoms with van der Waals surface area (Å²) in [6, 6.07) is 9.95. The van der Waals surface area contributed by atoms with Crippen molar-refractivity contribution in [3.63, 3.8) is 0 Å². The Labute approximate surface area is 125 Å². The third kappa shape index (κ3) is 4.23. The first-order valence-corrected chi connectivity index (χ1v) is 7.26. The fourth-order valence-electron chi connectivity index (χ4n) is 2.18. The third-order valence-electron chi connectivity index (χ3n) is 3.51. The summed E-state index contributed by atoms with van der Waals surface area (Å²) in [7, 11) is 3.70. The number of nitrogens with zero attached hydrogens (tertiary/aromatic N) is 2. The van der Waals surface area contributed by atoms with Gasteiger partial charge in [-0.15, -0.1) is 0 Å². The highest BCUT2D eigenvalue weighted by atomic mass is 16.5. The first-order valence-electron chi connectivity index (χ1n) is 7.26. The molecule has 0 fully saturated rings. The molecule has 0 saturated heterocycles. The minimum absolute atomic E-state index is 0.272. The molecule has 0 aliphatic carbocycles. The number of hydrogen-bond acceptors (Lipinski definition) is 4. The van der Waals surface area contributed by atoms with Gasteiger partial charge in [0.2, 0.25) is 0 Å². The largest absolute Gasteiger partial charge is 0.497 e. The second-order valence-electron chi connectivity index (χ2n) is 5.07. The number of unbranched alkanes of at least 4 members (excludes halogenated alkanes) is 2. The van der Waals surface area contributed by atoms with E-state index in [4.69, 9.17) is 9.84 Å². The lowest BCUT2D eigenvalue weighted by atomic mass is 10.1. The molecule has 114 valence electrons. The summed E-state index contributed by atoms with van der Waals surface area (Å²) in [5, 5.41) is 16.2. The maximum atomic E-state index is 8.78. The summed E-state index contributed by atoms with van der Waals surface area (Å²) in [4.78, 5) is 2.13. The Bertz CT molecular complexity index is 537. The molecule has 0 radical (unpaired) electrons. The van der Waals surface area contributed by atoms with Gasteiger partial charge in [0.1, 0.15) is 5.75 Å². The predicted molar refractivity (Wildman–Crippen MR) is 84.8 cm³/mol. The Morgan fingerprint density at radius 1 is 1.19 bits per heavy atom. The minimum Gasteiger partial charge on any atom is -0.497 e. The average Bonchev–Trinajstić information content (AvgIpc) is 3.01. The van der Waals surface area contributed by atoms with Gasteiger partial charge in [-0.1, -0.05) is 0 Å². The molecule has 5 nitrogen and oxygen atoms in total. The van der Waals surface area contributed by atoms with Crippen LogP contribution in [0.25, 0.3) is 11.3 Å². The fraction of sp³-hybridized carbons (Fsp3) is 0.438. The van der Waals surface area contributed by atoms with E-state index < -0.39 is 0 Å². The predicted octanol–water partition coefficient (Wildman–Crippen LogP) is 2.68. The van der Waals surface area contributed by atoms with Crippen LogP contribution < -0.4 is 9.64 Å². The summed E-state index contributed by atoms with van der Waals surface area (Å²) in [6.07, 6.45) is 2.96. The molecule has 21 heavy (non-hydrogen) atoms. The number of aliphatic hydroxyl groups excluding tert-OH is 1. The van der Waals surface area contributed by atoms with Gasteiger partial charge in [-0.25, -0.2) is 0 Å². The van der Waals surface area contributed by atoms with Crippen molar-refractivity contribution in [3.05, 3.63) is 30.3 Å². The lowest BCUT2D eigenvalue weighted by molar-refractivity contribution is 0.283. The Hall–Kier alpha value is -2.01. The monoisotopic (exact) mass is 289 g/mol. The lowest BCUT2D eigenvalue weighted by Gasteiger charge is -2.15. The molecule has 0 aliphatic rings. The van der Waals surface area contributed by atoms with Gasteiger partial charge in [0.25, 0.3) is 0 Å². The summed E-state index contributed by atoms with van der Waals surface area (Å²) >= 11 is 0. The van der Waals surface area contributed by atoms with E-state index in [2.05, 4.69) is 15.1 Å². The van der Waals surface area contributed by atoms with Gasteiger partial charge >= 0.3 is 0 Å². The molecule has 1 aromatic carbocycles. The van der Waals surface area contributed by atoms with Crippen LogP contribution in [0.3, 0.4) is 0 Å². The van der Waals surface area contributed by atoms with E-state index in [1.807, 2.05) is 37.4 Å². The molecule has 0 atom stereocenters. The summed E-state index contributed by atoms with van der Waals surface area (Å²) < 4.78 is 5.16. The fourth-order valence-corrected chi connectivity index (χ4v) is 2.18. The standard InChI is InChI=1S/C16H23N3O2/c1-19(10-4-3-5-11-20)16-12-15(17-18-16)13-6-8-14(21-2)9-7-13/h6-9,12,20H,3-5,10-11H2,1-2H3,(H,17,18). The molecule has 0 bridgehead atoms. The van der Waals surface area contributed by atoms with E-state index >= 15 is 0 Å². The normalized spacial score (nSPS) is 10.6. The first-order chi connectivity index (χ1) is 10.2. The van der Waals surface area contributed by atoms with E-state index in [0.29, 0.717) is 0 Å². The number of anilines is 1. The molecular weight excluding hydrogens is 266 g/mol. The summed E-state index contributed by atoms with van der Waals surface area (Å²) in [5.74, 6) is 1.78. The molecule has 1 heterocycles. The van der Waals surface area contributed by atoms with E-state index in [-0.39, 0.29) is 6.61 Å². The number of hydrogen-bond donors (Lipinski definition) is 2. The van der Waals surface area contributed by atoms with Crippen molar-refractivity contribution in [3.8, 4) is 17.0 Å². The second-order valence-corrected chi connectivity index (χ2v) is 5.07. The number of benzene rings is 1. The molecule has 0 unspecified atom stereocenters. The van der Waals surface area contributed by atoms with Crippen LogP contribution in [-0.4, -0.2) is 42.6 Å². The highest BCUT2D eigenvalue weighted by Crippen LogP contribution is 2.23. The second kappa shape index (κ2) is 7.69. The van der Waals surface area contributed by atoms with Crippen molar-refractivity contribution in [1.29, 1.82) is 0 Å². The molecule has 5 heteroatoms. The van der Waals surface area contributed by atoms with Crippen LogP contribution in [0.4, 0.5) is 5.82 Å². The molecule has 1 aromatic heterocycles. The Morgan fingerprint density at radius 2 is 1.95 bits per heavy atom. The van der Waals surface area contributed by atoms with E-state index in [0.717, 1.165) is 48.6 Å². The number of nitrogens with one attached hydrogen (secondary N) is 1. The zero-order valence-electron chi connectivity index (χ0n) is 12.7. The van der Waals surface area contributed by atoms with Crippen LogP contribution in [0.5, 0.6) is 5.75 Å². The van der Waals surface area contributed by atoms with Gasteiger partial charge in [-0.05, 0) is 49.1 Å². The number of H-pyrrole nitrogens is 1. The highest BCUT2D eigenvalue weighted by Gasteiger charge is 2.07. The topological polar surface area (TPSA) is 61.4 Å². The molecular formula is C16H23N3O2. The van der Waals surface area contributed by atoms with E-state index in [1.165, 1.54) is 0 Å². The molecule has 0 aliphatic heterocycles. The number of ether oxygens (including phenoxy) is 1. The van der Waals surface area contributed by atoms with Crippen molar-refractivity contribution >= 4 is 5.82 Å². The van der Waals surface area contributed by atoms with Crippen molar-refractivity contribution < 1.29 is 9.84 Å². The van der Waals surface area contributed by atoms with Gasteiger partial charge in [0.05, 0.1) is 12.8 Å². The molecule has 0 saturated carbocycles. The first kappa shape index (κ1) is 15.4. The Balaban J connectivity index is 1.96. The van der Waals surface area contributed by atoms with Crippen molar-refractivity contribution in [1.82, 2.24) is 10.2 Å². The smallest absolute Gasteiger partial charge is 0.150 e. The third-order valence-corrected chi connectivity index (χ3v) is 3.51. The number of aromatic nitrogens is 2. The van der Waals surface area contributed by atoms with Crippen molar-refractivity contribution in [2.75, 3.05) is 32.2 Å². The maximum Gasteiger partial charge on any atom is 0.150 e. The SMILES string of the molecule is COc1ccc(-c2cc(N(C)CCCCCO)n[nH]2)cc1. The quantitative estimate of drug-likeness (QED) is 0.733. The molecule has 2 rings (SSSR count). The Morgan fingerprint density at radius 3 is 2.62 bits per heavy atom. The van der Waals surface area contributed by atoms with Crippen LogP contribution in [0.1, 0.15) is 19.3 Å². The van der Waals surface area contributed by atoms with Gasteiger partial charge < -0.3 is 14.7 Å². The number of aromatic amines is 1. The maximum absolute atomic E-state index is 8.78. The molecule has 2 N–H and O–H groups in total. The van der Waals surface area contributed by atoms with Crippen LogP contribution in [0.2, 0.25) is 0 Å². The van der Waals surface area contributed by atoms with Crippen molar-refractivity contribution in [2.45, 2.75) is 19.3 Å². The van der Waals surface area contributed by atoms with Gasteiger partial charge in [0.15, 0.2) is 5.82 Å². The minimum atomic E-state index is 0.272. The van der Waals surface area contributed by atoms with Crippen LogP contribution in [0.15, 0.2) is 30.3 Å². The van der Waals surface area contributed by atoms with Crippen LogP contribution in [0, 0.1) is 0 Å². The molecule has 2 aromatic rings. The molecule has 0 spiro atoms.